The minimum Gasteiger partial charge on any atom is -0.463 e. The molecule has 1 heterocycles. The van der Waals surface area contributed by atoms with E-state index in [2.05, 4.69) is 16.0 Å². The maximum atomic E-state index is 12.0. The molecule has 0 unspecified atom stereocenters. The quantitative estimate of drug-likeness (QED) is 0.695. The number of amides is 2. The van der Waals surface area contributed by atoms with Gasteiger partial charge >= 0.3 is 12.0 Å². The summed E-state index contributed by atoms with van der Waals surface area (Å²) >= 11 is 5.88. The van der Waals surface area contributed by atoms with Crippen molar-refractivity contribution in [2.45, 2.75) is 19.9 Å². The number of benzene rings is 1. The lowest BCUT2D eigenvalue weighted by Gasteiger charge is -2.23. The average Bonchev–Trinajstić information content (AvgIpc) is 2.53. The molecule has 1 aliphatic heterocycles. The first-order chi connectivity index (χ1) is 11.0. The molecule has 2 rings (SSSR count). The molecular formula is C16H20ClN3O3. The number of carbonyl (C=O) groups is 2. The van der Waals surface area contributed by atoms with Crippen molar-refractivity contribution in [3.05, 3.63) is 46.1 Å². The molecule has 0 aromatic heterocycles. The standard InChI is InChI=1S/C16H20ClN3O3/c1-3-23-15(21)13-8-19-16(22)20-14(13)9-18-10(2)11-4-6-12(17)7-5-11/h4-7,10,18H,3,8-9H2,1-2H3,(H2,19,20,22)/t10-/m1/s1. The fraction of sp³-hybridized carbons (Fsp3) is 0.375. The molecule has 0 fully saturated rings. The van der Waals surface area contributed by atoms with Gasteiger partial charge in [-0.15, -0.1) is 0 Å². The summed E-state index contributed by atoms with van der Waals surface area (Å²) in [5, 5.41) is 9.21. The first-order valence-corrected chi connectivity index (χ1v) is 7.82. The van der Waals surface area contributed by atoms with Gasteiger partial charge in [0.15, 0.2) is 0 Å². The van der Waals surface area contributed by atoms with Gasteiger partial charge in [-0.1, -0.05) is 23.7 Å². The number of halogens is 1. The lowest BCUT2D eigenvalue weighted by Crippen LogP contribution is -2.46. The Morgan fingerprint density at radius 1 is 1.39 bits per heavy atom. The van der Waals surface area contributed by atoms with E-state index in [-0.39, 0.29) is 25.2 Å². The molecule has 1 aliphatic rings. The van der Waals surface area contributed by atoms with Crippen molar-refractivity contribution in [3.63, 3.8) is 0 Å². The van der Waals surface area contributed by atoms with Crippen LogP contribution in [0.1, 0.15) is 25.5 Å². The Balaban J connectivity index is 2.06. The van der Waals surface area contributed by atoms with Crippen LogP contribution in [0.5, 0.6) is 0 Å². The Bertz CT molecular complexity index is 614. The molecule has 0 saturated carbocycles. The van der Waals surface area contributed by atoms with Gasteiger partial charge in [0.25, 0.3) is 0 Å². The first-order valence-electron chi connectivity index (χ1n) is 7.44. The van der Waals surface area contributed by atoms with E-state index in [4.69, 9.17) is 16.3 Å². The maximum Gasteiger partial charge on any atom is 0.337 e. The van der Waals surface area contributed by atoms with Crippen molar-refractivity contribution in [2.24, 2.45) is 0 Å². The SMILES string of the molecule is CCOC(=O)C1=C(CN[C@H](C)c2ccc(Cl)cc2)NC(=O)NC1. The van der Waals surface area contributed by atoms with Crippen LogP contribution >= 0.6 is 11.6 Å². The smallest absolute Gasteiger partial charge is 0.337 e. The highest BCUT2D eigenvalue weighted by molar-refractivity contribution is 6.30. The zero-order chi connectivity index (χ0) is 16.8. The average molecular weight is 338 g/mol. The molecule has 0 saturated heterocycles. The lowest BCUT2D eigenvalue weighted by atomic mass is 10.1. The molecule has 3 N–H and O–H groups in total. The van der Waals surface area contributed by atoms with Crippen molar-refractivity contribution in [2.75, 3.05) is 19.7 Å². The number of urea groups is 1. The number of hydrogen-bond donors (Lipinski definition) is 3. The van der Waals surface area contributed by atoms with Crippen LogP contribution in [-0.4, -0.2) is 31.7 Å². The highest BCUT2D eigenvalue weighted by atomic mass is 35.5. The van der Waals surface area contributed by atoms with Gasteiger partial charge in [-0.2, -0.15) is 0 Å². The van der Waals surface area contributed by atoms with Crippen molar-refractivity contribution >= 4 is 23.6 Å². The summed E-state index contributed by atoms with van der Waals surface area (Å²) in [6.07, 6.45) is 0. The number of nitrogens with one attached hydrogen (secondary N) is 3. The molecule has 1 aromatic rings. The molecule has 1 atom stereocenters. The Kier molecular flexibility index (Phi) is 6.01. The molecule has 2 amide bonds. The van der Waals surface area contributed by atoms with E-state index < -0.39 is 5.97 Å². The predicted octanol–water partition coefficient (Wildman–Crippen LogP) is 2.12. The van der Waals surface area contributed by atoms with Crippen LogP contribution in [0.2, 0.25) is 5.02 Å². The van der Waals surface area contributed by atoms with Gasteiger partial charge in [0.05, 0.1) is 18.7 Å². The van der Waals surface area contributed by atoms with E-state index in [0.717, 1.165) is 5.56 Å². The Labute approximate surface area is 140 Å². The van der Waals surface area contributed by atoms with Gasteiger partial charge in [-0.05, 0) is 31.5 Å². The van der Waals surface area contributed by atoms with Crippen LogP contribution in [-0.2, 0) is 9.53 Å². The van der Waals surface area contributed by atoms with E-state index in [1.165, 1.54) is 0 Å². The molecule has 7 heteroatoms. The molecule has 6 nitrogen and oxygen atoms in total. The highest BCUT2D eigenvalue weighted by Gasteiger charge is 2.23. The lowest BCUT2D eigenvalue weighted by molar-refractivity contribution is -0.138. The monoisotopic (exact) mass is 337 g/mol. The normalized spacial score (nSPS) is 15.7. The summed E-state index contributed by atoms with van der Waals surface area (Å²) in [4.78, 5) is 23.5. The van der Waals surface area contributed by atoms with Gasteiger partial charge in [0.2, 0.25) is 0 Å². The maximum absolute atomic E-state index is 12.0. The van der Waals surface area contributed by atoms with E-state index in [1.54, 1.807) is 6.92 Å². The van der Waals surface area contributed by atoms with E-state index in [1.807, 2.05) is 31.2 Å². The topological polar surface area (TPSA) is 79.5 Å². The largest absolute Gasteiger partial charge is 0.463 e. The van der Waals surface area contributed by atoms with E-state index >= 15 is 0 Å². The van der Waals surface area contributed by atoms with Crippen molar-refractivity contribution in [1.82, 2.24) is 16.0 Å². The molecule has 0 bridgehead atoms. The van der Waals surface area contributed by atoms with E-state index in [0.29, 0.717) is 22.8 Å². The molecule has 0 aliphatic carbocycles. The van der Waals surface area contributed by atoms with Gasteiger partial charge in [0.1, 0.15) is 0 Å². The Morgan fingerprint density at radius 3 is 2.74 bits per heavy atom. The summed E-state index contributed by atoms with van der Waals surface area (Å²) in [5.74, 6) is -0.420. The zero-order valence-electron chi connectivity index (χ0n) is 13.1. The Hall–Kier alpha value is -2.05. The predicted molar refractivity (Wildman–Crippen MR) is 88.1 cm³/mol. The Morgan fingerprint density at radius 2 is 2.09 bits per heavy atom. The number of rotatable bonds is 6. The second kappa shape index (κ2) is 7.99. The molecule has 0 spiro atoms. The molecule has 23 heavy (non-hydrogen) atoms. The molecule has 0 radical (unpaired) electrons. The van der Waals surface area contributed by atoms with Gasteiger partial charge in [-0.3, -0.25) is 0 Å². The number of carbonyl (C=O) groups excluding carboxylic acids is 2. The van der Waals surface area contributed by atoms with E-state index in [9.17, 15) is 9.59 Å². The van der Waals surface area contributed by atoms with Crippen molar-refractivity contribution in [3.8, 4) is 0 Å². The number of ether oxygens (including phenoxy) is 1. The van der Waals surface area contributed by atoms with Gasteiger partial charge in [-0.25, -0.2) is 9.59 Å². The molecule has 124 valence electrons. The number of esters is 1. The second-order valence-corrected chi connectivity index (χ2v) is 5.58. The third-order valence-corrected chi connectivity index (χ3v) is 3.78. The van der Waals surface area contributed by atoms with Crippen LogP contribution in [0, 0.1) is 0 Å². The molecular weight excluding hydrogens is 318 g/mol. The first kappa shape index (κ1) is 17.3. The van der Waals surface area contributed by atoms with Crippen molar-refractivity contribution in [1.29, 1.82) is 0 Å². The van der Waals surface area contributed by atoms with Crippen LogP contribution in [0.25, 0.3) is 0 Å². The van der Waals surface area contributed by atoms with Crippen LogP contribution in [0.4, 0.5) is 4.79 Å². The van der Waals surface area contributed by atoms with Crippen LogP contribution < -0.4 is 16.0 Å². The summed E-state index contributed by atoms with van der Waals surface area (Å²) < 4.78 is 5.02. The summed E-state index contributed by atoms with van der Waals surface area (Å²) in [7, 11) is 0. The summed E-state index contributed by atoms with van der Waals surface area (Å²) in [5.41, 5.74) is 2.03. The zero-order valence-corrected chi connectivity index (χ0v) is 13.9. The summed E-state index contributed by atoms with van der Waals surface area (Å²) in [6, 6.07) is 7.22. The third kappa shape index (κ3) is 4.71. The van der Waals surface area contributed by atoms with Crippen LogP contribution in [0.3, 0.4) is 0 Å². The third-order valence-electron chi connectivity index (χ3n) is 3.53. The summed E-state index contributed by atoms with van der Waals surface area (Å²) in [6.45, 7) is 4.55. The minimum atomic E-state index is -0.420. The minimum absolute atomic E-state index is 0.0370. The van der Waals surface area contributed by atoms with Crippen molar-refractivity contribution < 1.29 is 14.3 Å². The highest BCUT2D eigenvalue weighted by Crippen LogP contribution is 2.16. The van der Waals surface area contributed by atoms with Gasteiger partial charge in [0, 0.05) is 23.3 Å². The van der Waals surface area contributed by atoms with Gasteiger partial charge < -0.3 is 20.7 Å². The fourth-order valence-corrected chi connectivity index (χ4v) is 2.35. The molecule has 1 aromatic carbocycles. The number of hydrogen-bond acceptors (Lipinski definition) is 4. The fourth-order valence-electron chi connectivity index (χ4n) is 2.22. The second-order valence-electron chi connectivity index (χ2n) is 5.14. The van der Waals surface area contributed by atoms with Crippen LogP contribution in [0.15, 0.2) is 35.5 Å².